The molecule has 0 radical (unpaired) electrons. The highest BCUT2D eigenvalue weighted by Gasteiger charge is 2.15. The molecule has 0 spiro atoms. The summed E-state index contributed by atoms with van der Waals surface area (Å²) < 4.78 is 28.3. The van der Waals surface area contributed by atoms with Gasteiger partial charge in [0, 0.05) is 18.5 Å². The van der Waals surface area contributed by atoms with E-state index >= 15 is 0 Å². The Morgan fingerprint density at radius 2 is 1.90 bits per heavy atom. The lowest BCUT2D eigenvalue weighted by Crippen LogP contribution is -2.14. The topological polar surface area (TPSA) is 85.4 Å². The molecule has 1 amide bonds. The Morgan fingerprint density at radius 1 is 1.19 bits per heavy atom. The highest BCUT2D eigenvalue weighted by molar-refractivity contribution is 7.90. The number of methoxy groups -OCH3 is 1. The molecule has 2 rings (SSSR count). The van der Waals surface area contributed by atoms with Gasteiger partial charge in [-0.2, -0.15) is 0 Å². The zero-order valence-corrected chi connectivity index (χ0v) is 12.3. The van der Waals surface area contributed by atoms with E-state index in [0.717, 1.165) is 6.26 Å². The van der Waals surface area contributed by atoms with Crippen LogP contribution >= 0.6 is 0 Å². The third-order valence-corrected chi connectivity index (χ3v) is 3.90. The number of sulfone groups is 1. The Kier molecular flexibility index (Phi) is 4.23. The lowest BCUT2D eigenvalue weighted by atomic mass is 10.2. The van der Waals surface area contributed by atoms with Gasteiger partial charge in [-0.25, -0.2) is 13.4 Å². The molecule has 2 aromatic rings. The monoisotopic (exact) mass is 306 g/mol. The average molecular weight is 306 g/mol. The van der Waals surface area contributed by atoms with Crippen molar-refractivity contribution in [1.82, 2.24) is 4.98 Å². The second kappa shape index (κ2) is 5.92. The number of benzene rings is 1. The maximum atomic E-state index is 12.1. The molecule has 1 aromatic heterocycles. The smallest absolute Gasteiger partial charge is 0.257 e. The molecule has 1 aromatic carbocycles. The maximum Gasteiger partial charge on any atom is 0.257 e. The molecule has 0 saturated heterocycles. The van der Waals surface area contributed by atoms with Crippen LogP contribution in [-0.4, -0.2) is 32.7 Å². The van der Waals surface area contributed by atoms with E-state index < -0.39 is 15.7 Å². The number of amides is 1. The molecule has 0 unspecified atom stereocenters. The summed E-state index contributed by atoms with van der Waals surface area (Å²) in [4.78, 5) is 16.1. The van der Waals surface area contributed by atoms with Crippen molar-refractivity contribution in [3.8, 4) is 5.88 Å². The van der Waals surface area contributed by atoms with Crippen LogP contribution in [0.2, 0.25) is 0 Å². The van der Waals surface area contributed by atoms with Gasteiger partial charge in [0.2, 0.25) is 5.88 Å². The summed E-state index contributed by atoms with van der Waals surface area (Å²) in [6.07, 6.45) is 2.45. The first kappa shape index (κ1) is 15.0. The lowest BCUT2D eigenvalue weighted by molar-refractivity contribution is 0.102. The molecule has 1 N–H and O–H groups in total. The summed E-state index contributed by atoms with van der Waals surface area (Å²) in [5.41, 5.74) is 0.542. The number of hydrogen-bond acceptors (Lipinski definition) is 5. The van der Waals surface area contributed by atoms with Gasteiger partial charge in [-0.05, 0) is 18.2 Å². The number of anilines is 1. The molecule has 0 atom stereocenters. The molecule has 7 heteroatoms. The van der Waals surface area contributed by atoms with Crippen molar-refractivity contribution in [2.45, 2.75) is 4.90 Å². The summed E-state index contributed by atoms with van der Waals surface area (Å²) in [6.45, 7) is 0. The molecule has 0 aliphatic rings. The number of carbonyl (C=O) groups excluding carboxylic acids is 1. The molecule has 110 valence electrons. The van der Waals surface area contributed by atoms with E-state index in [9.17, 15) is 13.2 Å². The summed E-state index contributed by atoms with van der Waals surface area (Å²) in [5, 5.41) is 2.57. The van der Waals surface area contributed by atoms with E-state index in [2.05, 4.69) is 10.3 Å². The summed E-state index contributed by atoms with van der Waals surface area (Å²) in [5.74, 6) is -0.0515. The fraction of sp³-hybridized carbons (Fsp3) is 0.143. The SMILES string of the molecule is COc1ccc(C(=O)Nc2ccccc2S(C)(=O)=O)cn1. The molecular formula is C14H14N2O4S. The first-order valence-electron chi connectivity index (χ1n) is 6.02. The van der Waals surface area contributed by atoms with Crippen LogP contribution in [0.5, 0.6) is 5.88 Å². The van der Waals surface area contributed by atoms with Crippen LogP contribution in [0.4, 0.5) is 5.69 Å². The number of carbonyl (C=O) groups is 1. The Morgan fingerprint density at radius 3 is 2.48 bits per heavy atom. The molecule has 0 bridgehead atoms. The van der Waals surface area contributed by atoms with Crippen molar-refractivity contribution in [1.29, 1.82) is 0 Å². The molecule has 0 saturated carbocycles. The van der Waals surface area contributed by atoms with Crippen molar-refractivity contribution >= 4 is 21.4 Å². The van der Waals surface area contributed by atoms with Crippen molar-refractivity contribution in [3.05, 3.63) is 48.2 Å². The Bertz CT molecular complexity index is 755. The van der Waals surface area contributed by atoms with E-state index in [0.29, 0.717) is 11.4 Å². The van der Waals surface area contributed by atoms with E-state index in [1.807, 2.05) is 0 Å². The Labute approximate surface area is 122 Å². The Balaban J connectivity index is 2.27. The molecule has 1 heterocycles. The van der Waals surface area contributed by atoms with Crippen LogP contribution in [0, 0.1) is 0 Å². The molecule has 0 fully saturated rings. The maximum absolute atomic E-state index is 12.1. The fourth-order valence-electron chi connectivity index (χ4n) is 1.72. The van der Waals surface area contributed by atoms with E-state index in [-0.39, 0.29) is 10.6 Å². The third kappa shape index (κ3) is 3.57. The third-order valence-electron chi connectivity index (χ3n) is 2.74. The van der Waals surface area contributed by atoms with Crippen molar-refractivity contribution in [2.24, 2.45) is 0 Å². The van der Waals surface area contributed by atoms with Crippen LogP contribution in [0.15, 0.2) is 47.5 Å². The number of nitrogens with zero attached hydrogens (tertiary/aromatic N) is 1. The number of nitrogens with one attached hydrogen (secondary N) is 1. The number of pyridine rings is 1. The van der Waals surface area contributed by atoms with Gasteiger partial charge >= 0.3 is 0 Å². The van der Waals surface area contributed by atoms with Gasteiger partial charge < -0.3 is 10.1 Å². The predicted octanol–water partition coefficient (Wildman–Crippen LogP) is 1.75. The van der Waals surface area contributed by atoms with Gasteiger partial charge in [0.05, 0.1) is 23.3 Å². The minimum Gasteiger partial charge on any atom is -0.481 e. The highest BCUT2D eigenvalue weighted by atomic mass is 32.2. The molecule has 6 nitrogen and oxygen atoms in total. The normalized spacial score (nSPS) is 11.0. The van der Waals surface area contributed by atoms with Gasteiger partial charge in [0.25, 0.3) is 5.91 Å². The molecular weight excluding hydrogens is 292 g/mol. The van der Waals surface area contributed by atoms with E-state index in [4.69, 9.17) is 4.74 Å². The molecule has 21 heavy (non-hydrogen) atoms. The van der Waals surface area contributed by atoms with Gasteiger partial charge in [-0.15, -0.1) is 0 Å². The minimum absolute atomic E-state index is 0.0693. The second-order valence-electron chi connectivity index (χ2n) is 4.31. The van der Waals surface area contributed by atoms with Gasteiger partial charge in [0.15, 0.2) is 9.84 Å². The predicted molar refractivity (Wildman–Crippen MR) is 78.3 cm³/mol. The summed E-state index contributed by atoms with van der Waals surface area (Å²) >= 11 is 0. The number of aromatic nitrogens is 1. The average Bonchev–Trinajstić information content (AvgIpc) is 2.47. The van der Waals surface area contributed by atoms with Gasteiger partial charge in [0.1, 0.15) is 0 Å². The second-order valence-corrected chi connectivity index (χ2v) is 6.30. The molecule has 0 aliphatic heterocycles. The van der Waals surface area contributed by atoms with Crippen molar-refractivity contribution in [3.63, 3.8) is 0 Å². The summed E-state index contributed by atoms with van der Waals surface area (Å²) in [6, 6.07) is 9.32. The zero-order valence-electron chi connectivity index (χ0n) is 11.5. The fourth-order valence-corrected chi connectivity index (χ4v) is 2.57. The van der Waals surface area contributed by atoms with Crippen molar-refractivity contribution < 1.29 is 17.9 Å². The van der Waals surface area contributed by atoms with Gasteiger partial charge in [-0.3, -0.25) is 4.79 Å². The van der Waals surface area contributed by atoms with Crippen LogP contribution < -0.4 is 10.1 Å². The molecule has 0 aliphatic carbocycles. The first-order chi connectivity index (χ1) is 9.91. The number of rotatable bonds is 4. The van der Waals surface area contributed by atoms with Crippen LogP contribution in [0.3, 0.4) is 0 Å². The standard InChI is InChI=1S/C14H14N2O4S/c1-20-13-8-7-10(9-15-13)14(17)16-11-5-3-4-6-12(11)21(2,18)19/h3-9H,1-2H3,(H,16,17). The highest BCUT2D eigenvalue weighted by Crippen LogP contribution is 2.21. The number of hydrogen-bond donors (Lipinski definition) is 1. The quantitative estimate of drug-likeness (QED) is 0.930. The van der Waals surface area contributed by atoms with Gasteiger partial charge in [-0.1, -0.05) is 12.1 Å². The summed E-state index contributed by atoms with van der Waals surface area (Å²) in [7, 11) is -1.95. The number of ether oxygens (including phenoxy) is 1. The minimum atomic E-state index is -3.42. The Hall–Kier alpha value is -2.41. The van der Waals surface area contributed by atoms with E-state index in [1.165, 1.54) is 25.4 Å². The van der Waals surface area contributed by atoms with Crippen molar-refractivity contribution in [2.75, 3.05) is 18.7 Å². The van der Waals surface area contributed by atoms with Crippen LogP contribution in [0.25, 0.3) is 0 Å². The lowest BCUT2D eigenvalue weighted by Gasteiger charge is -2.09. The van der Waals surface area contributed by atoms with E-state index in [1.54, 1.807) is 24.3 Å². The largest absolute Gasteiger partial charge is 0.481 e. The first-order valence-corrected chi connectivity index (χ1v) is 7.91. The van der Waals surface area contributed by atoms with Crippen LogP contribution in [0.1, 0.15) is 10.4 Å². The van der Waals surface area contributed by atoms with Crippen LogP contribution in [-0.2, 0) is 9.84 Å². The number of para-hydroxylation sites is 1. The zero-order chi connectivity index (χ0) is 15.5.